The summed E-state index contributed by atoms with van der Waals surface area (Å²) in [6, 6.07) is 4.64. The van der Waals surface area contributed by atoms with E-state index in [2.05, 4.69) is 5.32 Å². The monoisotopic (exact) mass is 395 g/mol. The summed E-state index contributed by atoms with van der Waals surface area (Å²) in [6.45, 7) is 7.81. The van der Waals surface area contributed by atoms with Crippen LogP contribution in [-0.4, -0.2) is 58.9 Å². The first-order chi connectivity index (χ1) is 12.8. The molecule has 1 fully saturated rings. The van der Waals surface area contributed by atoms with Crippen molar-refractivity contribution in [3.8, 4) is 0 Å². The predicted octanol–water partition coefficient (Wildman–Crippen LogP) is 2.46. The van der Waals surface area contributed by atoms with E-state index in [1.165, 1.54) is 23.9 Å². The molecule has 1 aliphatic heterocycles. The summed E-state index contributed by atoms with van der Waals surface area (Å²) in [5, 5.41) is 13.4. The zero-order chi connectivity index (χ0) is 20.0. The van der Waals surface area contributed by atoms with Gasteiger partial charge >= 0.3 is 0 Å². The summed E-state index contributed by atoms with van der Waals surface area (Å²) in [5.41, 5.74) is 0.764. The Labute approximate surface area is 162 Å². The van der Waals surface area contributed by atoms with Crippen molar-refractivity contribution >= 4 is 35.0 Å². The third kappa shape index (κ3) is 5.93. The molecule has 0 saturated carbocycles. The lowest BCUT2D eigenvalue weighted by Crippen LogP contribution is -2.46. The van der Waals surface area contributed by atoms with Crippen LogP contribution in [0.1, 0.15) is 19.4 Å². The predicted molar refractivity (Wildman–Crippen MR) is 105 cm³/mol. The quantitative estimate of drug-likeness (QED) is 0.562. The van der Waals surface area contributed by atoms with Gasteiger partial charge in [-0.25, -0.2) is 0 Å². The molecule has 9 heteroatoms. The fraction of sp³-hybridized carbons (Fsp3) is 0.556. The lowest BCUT2D eigenvalue weighted by molar-refractivity contribution is -0.384. The van der Waals surface area contributed by atoms with E-state index >= 15 is 0 Å². The molecule has 1 aliphatic rings. The third-order valence-corrected chi connectivity index (χ3v) is 5.72. The Kier molecular flexibility index (Phi) is 7.61. The van der Waals surface area contributed by atoms with E-state index in [0.29, 0.717) is 26.3 Å². The Balaban J connectivity index is 1.98. The van der Waals surface area contributed by atoms with Crippen molar-refractivity contribution in [1.82, 2.24) is 4.90 Å². The van der Waals surface area contributed by atoms with E-state index in [1.807, 2.05) is 13.8 Å². The van der Waals surface area contributed by atoms with Crippen LogP contribution in [0.25, 0.3) is 0 Å². The highest BCUT2D eigenvalue weighted by Crippen LogP contribution is 2.27. The van der Waals surface area contributed by atoms with E-state index in [4.69, 9.17) is 4.74 Å². The topological polar surface area (TPSA) is 102 Å². The van der Waals surface area contributed by atoms with Crippen LogP contribution in [0.4, 0.5) is 11.4 Å². The summed E-state index contributed by atoms with van der Waals surface area (Å²) < 4.78 is 5.27. The van der Waals surface area contributed by atoms with Crippen molar-refractivity contribution in [2.24, 2.45) is 5.92 Å². The highest BCUT2D eigenvalue weighted by Gasteiger charge is 2.29. The van der Waals surface area contributed by atoms with Crippen molar-refractivity contribution in [2.45, 2.75) is 26.0 Å². The number of anilines is 1. The van der Waals surface area contributed by atoms with Crippen molar-refractivity contribution in [3.05, 3.63) is 33.9 Å². The summed E-state index contributed by atoms with van der Waals surface area (Å²) in [4.78, 5) is 37.4. The Bertz CT molecular complexity index is 704. The number of amides is 2. The maximum absolute atomic E-state index is 12.7. The van der Waals surface area contributed by atoms with Gasteiger partial charge in [-0.2, -0.15) is 0 Å². The first-order valence-corrected chi connectivity index (χ1v) is 9.87. The number of hydrogen-bond donors (Lipinski definition) is 1. The number of morpholine rings is 1. The summed E-state index contributed by atoms with van der Waals surface area (Å²) in [6.07, 6.45) is 0. The molecule has 2 amide bonds. The second-order valence-corrected chi connectivity index (χ2v) is 7.87. The summed E-state index contributed by atoms with van der Waals surface area (Å²) >= 11 is 1.26. The second-order valence-electron chi connectivity index (χ2n) is 6.74. The highest BCUT2D eigenvalue weighted by atomic mass is 32.2. The van der Waals surface area contributed by atoms with Gasteiger partial charge in [0.25, 0.3) is 5.69 Å². The molecular weight excluding hydrogens is 370 g/mol. The molecule has 0 radical (unpaired) electrons. The Morgan fingerprint density at radius 3 is 2.59 bits per heavy atom. The van der Waals surface area contributed by atoms with E-state index in [-0.39, 0.29) is 40.1 Å². The molecular formula is C18H25N3O5S. The number of aryl methyl sites for hydroxylation is 1. The average Bonchev–Trinajstić information content (AvgIpc) is 2.63. The van der Waals surface area contributed by atoms with E-state index in [1.54, 1.807) is 17.9 Å². The molecule has 27 heavy (non-hydrogen) atoms. The molecule has 0 aliphatic carbocycles. The molecule has 1 unspecified atom stereocenters. The van der Waals surface area contributed by atoms with Gasteiger partial charge in [0.2, 0.25) is 11.8 Å². The Morgan fingerprint density at radius 2 is 2.00 bits per heavy atom. The lowest BCUT2D eigenvalue weighted by atomic mass is 10.1. The number of ether oxygens (including phenoxy) is 1. The normalized spacial score (nSPS) is 15.5. The van der Waals surface area contributed by atoms with Crippen molar-refractivity contribution in [3.63, 3.8) is 0 Å². The lowest BCUT2D eigenvalue weighted by Gasteiger charge is -2.31. The number of nitro benzene ring substituents is 1. The fourth-order valence-corrected chi connectivity index (χ4v) is 3.84. The molecule has 148 valence electrons. The van der Waals surface area contributed by atoms with Crippen LogP contribution in [-0.2, 0) is 14.3 Å². The van der Waals surface area contributed by atoms with Gasteiger partial charge in [-0.1, -0.05) is 19.9 Å². The summed E-state index contributed by atoms with van der Waals surface area (Å²) in [5.74, 6) is -0.254. The number of hydrogen-bond acceptors (Lipinski definition) is 6. The number of carbonyl (C=O) groups excluding carboxylic acids is 2. The van der Waals surface area contributed by atoms with Crippen molar-refractivity contribution in [2.75, 3.05) is 37.4 Å². The molecule has 2 rings (SSSR count). The van der Waals surface area contributed by atoms with Crippen LogP contribution in [0.3, 0.4) is 0 Å². The summed E-state index contributed by atoms with van der Waals surface area (Å²) in [7, 11) is 0. The van der Waals surface area contributed by atoms with Crippen molar-refractivity contribution in [1.29, 1.82) is 0 Å². The van der Waals surface area contributed by atoms with Crippen LogP contribution < -0.4 is 5.32 Å². The number of rotatable bonds is 7. The first-order valence-electron chi connectivity index (χ1n) is 8.82. The van der Waals surface area contributed by atoms with E-state index in [9.17, 15) is 19.7 Å². The van der Waals surface area contributed by atoms with Gasteiger partial charge < -0.3 is 15.0 Å². The SMILES string of the molecule is Cc1ccc(NC(=O)CSC(C(=O)N2CCOCC2)C(C)C)c([N+](=O)[O-])c1. The fourth-order valence-electron chi connectivity index (χ4n) is 2.76. The molecule has 1 aromatic rings. The zero-order valence-corrected chi connectivity index (χ0v) is 16.6. The minimum Gasteiger partial charge on any atom is -0.378 e. The van der Waals surface area contributed by atoms with Gasteiger partial charge in [0.15, 0.2) is 0 Å². The number of carbonyl (C=O) groups is 2. The molecule has 0 aromatic heterocycles. The molecule has 0 spiro atoms. The van der Waals surface area contributed by atoms with Crippen LogP contribution >= 0.6 is 11.8 Å². The number of nitrogens with one attached hydrogen (secondary N) is 1. The number of thioether (sulfide) groups is 1. The Morgan fingerprint density at radius 1 is 1.33 bits per heavy atom. The highest BCUT2D eigenvalue weighted by molar-refractivity contribution is 8.01. The van der Waals surface area contributed by atoms with E-state index < -0.39 is 4.92 Å². The number of nitro groups is 1. The molecule has 1 saturated heterocycles. The smallest absolute Gasteiger partial charge is 0.293 e. The number of benzene rings is 1. The first kappa shape index (κ1) is 21.2. The van der Waals surface area contributed by atoms with E-state index in [0.717, 1.165) is 5.56 Å². The zero-order valence-electron chi connectivity index (χ0n) is 15.8. The Hall–Kier alpha value is -2.13. The van der Waals surface area contributed by atoms with Crippen LogP contribution in [0.2, 0.25) is 0 Å². The van der Waals surface area contributed by atoms with Gasteiger partial charge in [0, 0.05) is 19.2 Å². The maximum atomic E-state index is 12.7. The van der Waals surface area contributed by atoms with Gasteiger partial charge in [-0.15, -0.1) is 11.8 Å². The standard InChI is InChI=1S/C18H25N3O5S/c1-12(2)17(18(23)20-6-8-26-9-7-20)27-11-16(22)19-14-5-4-13(3)10-15(14)21(24)25/h4-5,10,12,17H,6-9,11H2,1-3H3,(H,19,22). The van der Waals surface area contributed by atoms with Crippen molar-refractivity contribution < 1.29 is 19.2 Å². The third-order valence-electron chi connectivity index (χ3n) is 4.19. The van der Waals surface area contributed by atoms with Gasteiger partial charge in [-0.05, 0) is 24.5 Å². The van der Waals surface area contributed by atoms with Gasteiger partial charge in [0.05, 0.1) is 29.1 Å². The molecule has 1 aromatic carbocycles. The minimum atomic E-state index is -0.519. The second kappa shape index (κ2) is 9.70. The number of nitrogens with zero attached hydrogens (tertiary/aromatic N) is 2. The maximum Gasteiger partial charge on any atom is 0.293 e. The van der Waals surface area contributed by atoms with Crippen LogP contribution in [0.5, 0.6) is 0 Å². The molecule has 0 bridgehead atoms. The van der Waals surface area contributed by atoms with Gasteiger partial charge in [-0.3, -0.25) is 19.7 Å². The average molecular weight is 395 g/mol. The minimum absolute atomic E-state index is 0.00687. The molecule has 1 atom stereocenters. The molecule has 8 nitrogen and oxygen atoms in total. The van der Waals surface area contributed by atoms with Crippen LogP contribution in [0.15, 0.2) is 18.2 Å². The van der Waals surface area contributed by atoms with Gasteiger partial charge in [0.1, 0.15) is 5.69 Å². The molecule has 1 N–H and O–H groups in total. The largest absolute Gasteiger partial charge is 0.378 e. The van der Waals surface area contributed by atoms with Crippen LogP contribution in [0, 0.1) is 23.0 Å². The molecule has 1 heterocycles.